The lowest BCUT2D eigenvalue weighted by Gasteiger charge is -2.40. The van der Waals surface area contributed by atoms with Crippen molar-refractivity contribution in [2.45, 2.75) is 37.6 Å². The molecule has 32 heavy (non-hydrogen) atoms. The molecule has 166 valence electrons. The highest BCUT2D eigenvalue weighted by molar-refractivity contribution is 8.03. The standard InChI is InChI=1S/C24H24FN3O3S/c1-15(2)17-5-9-19(10-6-17)26-21(29)14-27-20-11-12-32-22(20)23(30)28(24(27)31)13-16-3-7-18(25)8-4-16/h3-12,15,20,22H,13-14H2,1-2H3,(H,26,29). The predicted octanol–water partition coefficient (Wildman–Crippen LogP) is 4.35. The van der Waals surface area contributed by atoms with Gasteiger partial charge in [0.15, 0.2) is 0 Å². The van der Waals surface area contributed by atoms with E-state index in [9.17, 15) is 18.8 Å². The number of anilines is 1. The van der Waals surface area contributed by atoms with Crippen LogP contribution in [0.4, 0.5) is 14.9 Å². The molecule has 1 fully saturated rings. The highest BCUT2D eigenvalue weighted by Gasteiger charge is 2.47. The van der Waals surface area contributed by atoms with E-state index in [4.69, 9.17) is 0 Å². The molecule has 2 aliphatic heterocycles. The zero-order valence-corrected chi connectivity index (χ0v) is 18.6. The number of hydrogen-bond donors (Lipinski definition) is 1. The fourth-order valence-corrected chi connectivity index (χ4v) is 4.85. The number of urea groups is 1. The number of nitrogens with one attached hydrogen (secondary N) is 1. The third-order valence-corrected chi connectivity index (χ3v) is 6.67. The summed E-state index contributed by atoms with van der Waals surface area (Å²) >= 11 is 1.33. The van der Waals surface area contributed by atoms with Crippen LogP contribution >= 0.6 is 11.8 Å². The van der Waals surface area contributed by atoms with E-state index in [2.05, 4.69) is 19.2 Å². The van der Waals surface area contributed by atoms with Crippen LogP contribution in [0.15, 0.2) is 60.0 Å². The number of thioether (sulfide) groups is 1. The molecule has 4 amide bonds. The van der Waals surface area contributed by atoms with Gasteiger partial charge in [-0.25, -0.2) is 9.18 Å². The van der Waals surface area contributed by atoms with E-state index >= 15 is 0 Å². The summed E-state index contributed by atoms with van der Waals surface area (Å²) in [6, 6.07) is 12.3. The van der Waals surface area contributed by atoms with Crippen molar-refractivity contribution in [2.24, 2.45) is 0 Å². The molecule has 2 heterocycles. The normalized spacial score (nSPS) is 20.1. The lowest BCUT2D eigenvalue weighted by molar-refractivity contribution is -0.132. The fourth-order valence-electron chi connectivity index (χ4n) is 3.79. The molecule has 1 N–H and O–H groups in total. The summed E-state index contributed by atoms with van der Waals surface area (Å²) < 4.78 is 13.2. The van der Waals surface area contributed by atoms with Crippen molar-refractivity contribution in [2.75, 3.05) is 11.9 Å². The second-order valence-corrected chi connectivity index (χ2v) is 9.21. The summed E-state index contributed by atoms with van der Waals surface area (Å²) in [5.41, 5.74) is 2.45. The Hall–Kier alpha value is -3.13. The number of imide groups is 1. The van der Waals surface area contributed by atoms with Crippen LogP contribution < -0.4 is 5.32 Å². The van der Waals surface area contributed by atoms with Crippen molar-refractivity contribution in [3.63, 3.8) is 0 Å². The zero-order valence-electron chi connectivity index (χ0n) is 17.8. The molecule has 2 aromatic rings. The second-order valence-electron chi connectivity index (χ2n) is 8.16. The minimum absolute atomic E-state index is 0.0243. The summed E-state index contributed by atoms with van der Waals surface area (Å²) in [5.74, 6) is -0.643. The number of carbonyl (C=O) groups is 3. The maximum absolute atomic E-state index is 13.2. The van der Waals surface area contributed by atoms with E-state index in [1.807, 2.05) is 24.3 Å². The van der Waals surface area contributed by atoms with Gasteiger partial charge in [0.1, 0.15) is 17.6 Å². The van der Waals surface area contributed by atoms with Gasteiger partial charge in [-0.3, -0.25) is 14.5 Å². The zero-order chi connectivity index (χ0) is 22.8. The Kier molecular flexibility index (Phi) is 6.32. The Labute approximate surface area is 190 Å². The SMILES string of the molecule is CC(C)c1ccc(NC(=O)CN2C(=O)N(Cc3ccc(F)cc3)C(=O)C3SC=CC32)cc1. The maximum atomic E-state index is 13.2. The van der Waals surface area contributed by atoms with Gasteiger partial charge in [0.2, 0.25) is 11.8 Å². The van der Waals surface area contributed by atoms with Crippen molar-refractivity contribution >= 4 is 35.3 Å². The number of benzene rings is 2. The van der Waals surface area contributed by atoms with Crippen molar-refractivity contribution in [1.82, 2.24) is 9.80 Å². The van der Waals surface area contributed by atoms with Crippen LogP contribution in [0.3, 0.4) is 0 Å². The van der Waals surface area contributed by atoms with Crippen molar-refractivity contribution in [1.29, 1.82) is 0 Å². The third kappa shape index (κ3) is 4.55. The molecular formula is C24H24FN3O3S. The van der Waals surface area contributed by atoms with Crippen LogP contribution in [0.25, 0.3) is 0 Å². The lowest BCUT2D eigenvalue weighted by Crippen LogP contribution is -2.62. The van der Waals surface area contributed by atoms with Gasteiger partial charge in [0.05, 0.1) is 12.6 Å². The van der Waals surface area contributed by atoms with Crippen LogP contribution in [0, 0.1) is 5.82 Å². The Morgan fingerprint density at radius 2 is 1.78 bits per heavy atom. The van der Waals surface area contributed by atoms with E-state index in [1.54, 1.807) is 23.6 Å². The van der Waals surface area contributed by atoms with Gasteiger partial charge >= 0.3 is 6.03 Å². The molecule has 6 nitrogen and oxygen atoms in total. The molecule has 8 heteroatoms. The minimum Gasteiger partial charge on any atom is -0.325 e. The third-order valence-electron chi connectivity index (χ3n) is 5.59. The maximum Gasteiger partial charge on any atom is 0.328 e. The van der Waals surface area contributed by atoms with E-state index < -0.39 is 17.3 Å². The van der Waals surface area contributed by atoms with Gasteiger partial charge in [-0.2, -0.15) is 0 Å². The summed E-state index contributed by atoms with van der Waals surface area (Å²) in [5, 5.41) is 4.12. The molecule has 0 aromatic heterocycles. The predicted molar refractivity (Wildman–Crippen MR) is 123 cm³/mol. The monoisotopic (exact) mass is 453 g/mol. The topological polar surface area (TPSA) is 69.7 Å². The van der Waals surface area contributed by atoms with Crippen LogP contribution in [-0.2, 0) is 16.1 Å². The summed E-state index contributed by atoms with van der Waals surface area (Å²) in [4.78, 5) is 41.4. The number of halogens is 1. The largest absolute Gasteiger partial charge is 0.328 e. The van der Waals surface area contributed by atoms with Crippen LogP contribution in [0.5, 0.6) is 0 Å². The number of rotatable bonds is 6. The summed E-state index contributed by atoms with van der Waals surface area (Å²) in [6.45, 7) is 4.04. The summed E-state index contributed by atoms with van der Waals surface area (Å²) in [7, 11) is 0. The van der Waals surface area contributed by atoms with E-state index in [0.29, 0.717) is 17.2 Å². The van der Waals surface area contributed by atoms with E-state index in [-0.39, 0.29) is 30.7 Å². The molecule has 2 unspecified atom stereocenters. The Bertz CT molecular complexity index is 1050. The molecule has 0 bridgehead atoms. The Morgan fingerprint density at radius 3 is 2.44 bits per heavy atom. The Balaban J connectivity index is 1.49. The average molecular weight is 454 g/mol. The first-order chi connectivity index (χ1) is 15.3. The van der Waals surface area contributed by atoms with Gasteiger partial charge < -0.3 is 10.2 Å². The highest BCUT2D eigenvalue weighted by Crippen LogP contribution is 2.35. The molecule has 0 spiro atoms. The summed E-state index contributed by atoms with van der Waals surface area (Å²) in [6.07, 6.45) is 1.78. The van der Waals surface area contributed by atoms with Crippen LogP contribution in [0.1, 0.15) is 30.9 Å². The molecule has 4 rings (SSSR count). The quantitative estimate of drug-likeness (QED) is 0.706. The molecule has 2 atom stereocenters. The number of nitrogens with zero attached hydrogens (tertiary/aromatic N) is 2. The average Bonchev–Trinajstić information content (AvgIpc) is 3.26. The number of amides is 4. The van der Waals surface area contributed by atoms with Crippen molar-refractivity contribution in [3.8, 4) is 0 Å². The van der Waals surface area contributed by atoms with E-state index in [1.165, 1.54) is 34.4 Å². The van der Waals surface area contributed by atoms with Gasteiger partial charge in [-0.05, 0) is 46.7 Å². The van der Waals surface area contributed by atoms with Gasteiger partial charge in [0, 0.05) is 5.69 Å². The first kappa shape index (κ1) is 22.1. The van der Waals surface area contributed by atoms with E-state index in [0.717, 1.165) is 4.90 Å². The fraction of sp³-hybridized carbons (Fsp3) is 0.292. The van der Waals surface area contributed by atoms with Crippen molar-refractivity contribution in [3.05, 3.63) is 77.0 Å². The highest BCUT2D eigenvalue weighted by atomic mass is 32.2. The molecule has 2 aromatic carbocycles. The second kappa shape index (κ2) is 9.16. The van der Waals surface area contributed by atoms with Crippen LogP contribution in [-0.4, -0.2) is 45.5 Å². The molecule has 0 saturated carbocycles. The number of fused-ring (bicyclic) bond motifs is 1. The van der Waals surface area contributed by atoms with Crippen LogP contribution in [0.2, 0.25) is 0 Å². The molecule has 0 aliphatic carbocycles. The first-order valence-electron chi connectivity index (χ1n) is 10.4. The number of hydrogen-bond acceptors (Lipinski definition) is 4. The first-order valence-corrected chi connectivity index (χ1v) is 11.4. The van der Waals surface area contributed by atoms with Crippen molar-refractivity contribution < 1.29 is 18.8 Å². The number of carbonyl (C=O) groups excluding carboxylic acids is 3. The smallest absolute Gasteiger partial charge is 0.325 e. The Morgan fingerprint density at radius 1 is 1.09 bits per heavy atom. The molecular weight excluding hydrogens is 429 g/mol. The van der Waals surface area contributed by atoms with Gasteiger partial charge in [-0.1, -0.05) is 44.2 Å². The molecule has 0 radical (unpaired) electrons. The van der Waals surface area contributed by atoms with Gasteiger partial charge in [-0.15, -0.1) is 11.8 Å². The minimum atomic E-state index is -0.530. The molecule has 1 saturated heterocycles. The lowest BCUT2D eigenvalue weighted by atomic mass is 10.0. The van der Waals surface area contributed by atoms with Gasteiger partial charge in [0.25, 0.3) is 0 Å². The molecule has 2 aliphatic rings.